The van der Waals surface area contributed by atoms with Gasteiger partial charge in [-0.15, -0.1) is 0 Å². The molecule has 0 radical (unpaired) electrons. The minimum absolute atomic E-state index is 0.116. The fourth-order valence-electron chi connectivity index (χ4n) is 1.68. The van der Waals surface area contributed by atoms with Crippen LogP contribution < -0.4 is 0 Å². The highest BCUT2D eigenvalue weighted by molar-refractivity contribution is 9.14. The normalized spacial score (nSPS) is 33.2. The molecule has 0 spiro atoms. The van der Waals surface area contributed by atoms with Crippen molar-refractivity contribution in [1.82, 2.24) is 0 Å². The molecule has 0 aliphatic heterocycles. The number of hydrogen-bond acceptors (Lipinski definition) is 1. The number of aliphatic carboxylic acids is 1. The SMILES string of the molecule is CC1(C)[C@H](C(=O)O)[C@@H]1C(Br)=CBr. The largest absolute Gasteiger partial charge is 0.481 e. The van der Waals surface area contributed by atoms with Gasteiger partial charge < -0.3 is 5.11 Å². The van der Waals surface area contributed by atoms with E-state index in [1.165, 1.54) is 0 Å². The molecule has 1 aliphatic carbocycles. The Morgan fingerprint density at radius 3 is 2.25 bits per heavy atom. The van der Waals surface area contributed by atoms with E-state index in [1.54, 1.807) is 4.99 Å². The molecule has 1 N–H and O–H groups in total. The molecule has 68 valence electrons. The Hall–Kier alpha value is 0.170. The third-order valence-corrected chi connectivity index (χ3v) is 4.32. The lowest BCUT2D eigenvalue weighted by atomic mass is 10.1. The van der Waals surface area contributed by atoms with Crippen molar-refractivity contribution in [3.63, 3.8) is 0 Å². The summed E-state index contributed by atoms with van der Waals surface area (Å²) < 4.78 is 0.930. The van der Waals surface area contributed by atoms with E-state index < -0.39 is 5.97 Å². The van der Waals surface area contributed by atoms with Gasteiger partial charge in [-0.3, -0.25) is 4.79 Å². The lowest BCUT2D eigenvalue weighted by molar-refractivity contribution is -0.139. The number of carbonyl (C=O) groups is 1. The molecule has 2 atom stereocenters. The summed E-state index contributed by atoms with van der Waals surface area (Å²) in [6.45, 7) is 3.93. The Bertz CT molecular complexity index is 245. The number of hydrogen-bond donors (Lipinski definition) is 1. The molecule has 12 heavy (non-hydrogen) atoms. The van der Waals surface area contributed by atoms with Crippen LogP contribution in [0.5, 0.6) is 0 Å². The van der Waals surface area contributed by atoms with Crippen molar-refractivity contribution in [1.29, 1.82) is 0 Å². The molecule has 0 unspecified atom stereocenters. The number of carboxylic acids is 1. The lowest BCUT2D eigenvalue weighted by Gasteiger charge is -1.98. The standard InChI is InChI=1S/C8H10Br2O2/c1-8(2)5(4(10)3-9)6(8)7(11)12/h3,5-6H,1-2H3,(H,11,12)/t5-,6-/m0/s1. The monoisotopic (exact) mass is 296 g/mol. The van der Waals surface area contributed by atoms with Crippen LogP contribution in [0.25, 0.3) is 0 Å². The summed E-state index contributed by atoms with van der Waals surface area (Å²) in [6, 6.07) is 0. The van der Waals surface area contributed by atoms with E-state index in [0.717, 1.165) is 4.48 Å². The van der Waals surface area contributed by atoms with Crippen molar-refractivity contribution in [2.45, 2.75) is 13.8 Å². The second-order valence-corrected chi connectivity index (χ2v) is 4.98. The number of rotatable bonds is 2. The van der Waals surface area contributed by atoms with Crippen LogP contribution in [-0.4, -0.2) is 11.1 Å². The van der Waals surface area contributed by atoms with E-state index in [4.69, 9.17) is 5.11 Å². The van der Waals surface area contributed by atoms with Gasteiger partial charge in [0, 0.05) is 10.4 Å². The smallest absolute Gasteiger partial charge is 0.307 e. The van der Waals surface area contributed by atoms with Crippen molar-refractivity contribution in [2.75, 3.05) is 0 Å². The molecule has 0 aromatic heterocycles. The first-order chi connectivity index (χ1) is 5.42. The fraction of sp³-hybridized carbons (Fsp3) is 0.625. The quantitative estimate of drug-likeness (QED) is 0.851. The van der Waals surface area contributed by atoms with Crippen molar-refractivity contribution in [3.8, 4) is 0 Å². The number of carboxylic acid groups (broad SMARTS) is 1. The van der Waals surface area contributed by atoms with E-state index in [-0.39, 0.29) is 17.3 Å². The average molecular weight is 298 g/mol. The summed E-state index contributed by atoms with van der Waals surface area (Å²) >= 11 is 6.52. The van der Waals surface area contributed by atoms with Gasteiger partial charge in [-0.25, -0.2) is 0 Å². The predicted octanol–water partition coefficient (Wildman–Crippen LogP) is 2.97. The van der Waals surface area contributed by atoms with Gasteiger partial charge in [0.25, 0.3) is 0 Å². The Morgan fingerprint density at radius 2 is 2.00 bits per heavy atom. The highest BCUT2D eigenvalue weighted by Gasteiger charge is 2.63. The molecule has 1 rings (SSSR count). The lowest BCUT2D eigenvalue weighted by Crippen LogP contribution is -2.03. The highest BCUT2D eigenvalue weighted by Crippen LogP contribution is 2.63. The zero-order valence-corrected chi connectivity index (χ0v) is 10.0. The van der Waals surface area contributed by atoms with E-state index in [0.29, 0.717) is 0 Å². The van der Waals surface area contributed by atoms with Gasteiger partial charge in [0.15, 0.2) is 0 Å². The summed E-state index contributed by atoms with van der Waals surface area (Å²) in [6.07, 6.45) is 0. The van der Waals surface area contributed by atoms with Crippen LogP contribution in [0.4, 0.5) is 0 Å². The molecular weight excluding hydrogens is 288 g/mol. The molecular formula is C8H10Br2O2. The zero-order valence-electron chi connectivity index (χ0n) is 6.84. The van der Waals surface area contributed by atoms with E-state index in [1.807, 2.05) is 13.8 Å². The summed E-state index contributed by atoms with van der Waals surface area (Å²) in [5.41, 5.74) is -0.116. The maximum atomic E-state index is 10.7. The van der Waals surface area contributed by atoms with Crippen LogP contribution in [0, 0.1) is 17.3 Å². The summed E-state index contributed by atoms with van der Waals surface area (Å²) in [7, 11) is 0. The average Bonchev–Trinajstić information content (AvgIpc) is 2.52. The molecule has 4 heteroatoms. The first-order valence-electron chi connectivity index (χ1n) is 3.61. The first kappa shape index (κ1) is 10.3. The molecule has 0 amide bonds. The molecule has 0 aromatic rings. The topological polar surface area (TPSA) is 37.3 Å². The summed E-state index contributed by atoms with van der Waals surface area (Å²) in [5.74, 6) is -0.841. The van der Waals surface area contributed by atoms with Crippen molar-refractivity contribution in [2.24, 2.45) is 17.3 Å². The van der Waals surface area contributed by atoms with E-state index in [2.05, 4.69) is 31.9 Å². The van der Waals surface area contributed by atoms with Crippen LogP contribution in [0.3, 0.4) is 0 Å². The zero-order chi connectivity index (χ0) is 9.52. The molecule has 0 aromatic carbocycles. The number of allylic oxidation sites excluding steroid dienone is 1. The van der Waals surface area contributed by atoms with Gasteiger partial charge in [-0.05, 0) is 10.4 Å². The summed E-state index contributed by atoms with van der Waals surface area (Å²) in [5, 5.41) is 8.84. The minimum atomic E-state index is -0.712. The Balaban J connectivity index is 2.80. The Labute approximate surface area is 88.3 Å². The van der Waals surface area contributed by atoms with Gasteiger partial charge in [0.05, 0.1) is 5.92 Å². The molecule has 0 bridgehead atoms. The van der Waals surface area contributed by atoms with Crippen molar-refractivity contribution >= 4 is 37.8 Å². The second kappa shape index (κ2) is 3.14. The Kier molecular flexibility index (Phi) is 2.69. The molecule has 1 saturated carbocycles. The molecule has 0 heterocycles. The van der Waals surface area contributed by atoms with Crippen LogP contribution in [-0.2, 0) is 4.79 Å². The van der Waals surface area contributed by atoms with Crippen LogP contribution in [0.1, 0.15) is 13.8 Å². The predicted molar refractivity (Wildman–Crippen MR) is 54.3 cm³/mol. The molecule has 2 nitrogen and oxygen atoms in total. The maximum absolute atomic E-state index is 10.7. The highest BCUT2D eigenvalue weighted by atomic mass is 79.9. The van der Waals surface area contributed by atoms with Crippen LogP contribution in [0.15, 0.2) is 9.47 Å². The summed E-state index contributed by atoms with van der Waals surface area (Å²) in [4.78, 5) is 12.5. The van der Waals surface area contributed by atoms with Gasteiger partial charge in [-0.2, -0.15) is 0 Å². The third-order valence-electron chi connectivity index (χ3n) is 2.49. The third kappa shape index (κ3) is 1.46. The van der Waals surface area contributed by atoms with Crippen molar-refractivity contribution < 1.29 is 9.90 Å². The van der Waals surface area contributed by atoms with E-state index >= 15 is 0 Å². The maximum Gasteiger partial charge on any atom is 0.307 e. The van der Waals surface area contributed by atoms with Gasteiger partial charge >= 0.3 is 5.97 Å². The van der Waals surface area contributed by atoms with Crippen molar-refractivity contribution in [3.05, 3.63) is 9.47 Å². The second-order valence-electron chi connectivity index (χ2n) is 3.61. The van der Waals surface area contributed by atoms with Gasteiger partial charge in [0.1, 0.15) is 0 Å². The van der Waals surface area contributed by atoms with Crippen LogP contribution in [0.2, 0.25) is 0 Å². The van der Waals surface area contributed by atoms with Gasteiger partial charge in [-0.1, -0.05) is 45.7 Å². The van der Waals surface area contributed by atoms with Gasteiger partial charge in [0.2, 0.25) is 0 Å². The van der Waals surface area contributed by atoms with Crippen LogP contribution >= 0.6 is 31.9 Å². The fourth-order valence-corrected chi connectivity index (χ4v) is 2.82. The molecule has 1 aliphatic rings. The van der Waals surface area contributed by atoms with E-state index in [9.17, 15) is 4.79 Å². The minimum Gasteiger partial charge on any atom is -0.481 e. The first-order valence-corrected chi connectivity index (χ1v) is 5.32. The molecule has 0 saturated heterocycles. The number of halogens is 2. The molecule has 1 fully saturated rings. The Morgan fingerprint density at radius 1 is 1.50 bits per heavy atom.